The van der Waals surface area contributed by atoms with E-state index in [1.807, 2.05) is 30.3 Å². The van der Waals surface area contributed by atoms with Gasteiger partial charge in [0.25, 0.3) is 0 Å². The molecule has 2 aromatic carbocycles. The van der Waals surface area contributed by atoms with E-state index in [0.717, 1.165) is 74.8 Å². The number of nitrogens with one attached hydrogen (secondary N) is 2. The Balaban J connectivity index is 1.01. The molecule has 1 amide bonds. The standard InChI is InChI=1S/C33H36N4O4/c38-32-21-29(40-18-4-15-37-16-12-27(13-17-37)35-22-23-5-2-1-3-6-23)28-10-9-25(19-30(28)41-32)26-11-14-34-31(20-26)36-33(39)24-7-8-24/h1-3,5-6,9-11,14,19-21,24,27,35H,4,7-8,12-13,15-18,22H2,(H,34,36,39). The molecule has 2 fully saturated rings. The number of benzene rings is 2. The Hall–Kier alpha value is -4.01. The van der Waals surface area contributed by atoms with Crippen LogP contribution in [0.3, 0.4) is 0 Å². The van der Waals surface area contributed by atoms with E-state index in [2.05, 4.69) is 50.8 Å². The zero-order chi connectivity index (χ0) is 28.0. The summed E-state index contributed by atoms with van der Waals surface area (Å²) in [5, 5.41) is 7.34. The van der Waals surface area contributed by atoms with Crippen LogP contribution < -0.4 is 21.0 Å². The van der Waals surface area contributed by atoms with Crippen molar-refractivity contribution in [1.29, 1.82) is 0 Å². The van der Waals surface area contributed by atoms with Gasteiger partial charge in [0.15, 0.2) is 0 Å². The lowest BCUT2D eigenvalue weighted by atomic mass is 10.0. The van der Waals surface area contributed by atoms with Crippen molar-refractivity contribution in [3.8, 4) is 16.9 Å². The number of piperidine rings is 1. The average molecular weight is 553 g/mol. The lowest BCUT2D eigenvalue weighted by Gasteiger charge is -2.32. The van der Waals surface area contributed by atoms with Gasteiger partial charge in [0.1, 0.15) is 17.2 Å². The van der Waals surface area contributed by atoms with Gasteiger partial charge in [-0.05, 0) is 86.1 Å². The van der Waals surface area contributed by atoms with Crippen LogP contribution in [0.25, 0.3) is 22.1 Å². The maximum atomic E-state index is 12.3. The molecule has 0 spiro atoms. The monoisotopic (exact) mass is 552 g/mol. The molecule has 2 N–H and O–H groups in total. The topological polar surface area (TPSA) is 96.7 Å². The van der Waals surface area contributed by atoms with Gasteiger partial charge in [0.2, 0.25) is 5.91 Å². The maximum Gasteiger partial charge on any atom is 0.339 e. The van der Waals surface area contributed by atoms with Crippen molar-refractivity contribution in [2.24, 2.45) is 5.92 Å². The maximum absolute atomic E-state index is 12.3. The van der Waals surface area contributed by atoms with Crippen molar-refractivity contribution in [3.05, 3.63) is 88.9 Å². The van der Waals surface area contributed by atoms with E-state index in [9.17, 15) is 9.59 Å². The molecule has 6 rings (SSSR count). The number of carbonyl (C=O) groups excluding carboxylic acids is 1. The molecule has 1 saturated carbocycles. The molecule has 0 atom stereocenters. The third kappa shape index (κ3) is 7.20. The number of ether oxygens (including phenoxy) is 1. The predicted molar refractivity (Wildman–Crippen MR) is 160 cm³/mol. The normalized spacial score (nSPS) is 16.1. The SMILES string of the molecule is O=C(Nc1cc(-c2ccc3c(OCCCN4CCC(NCc5ccccc5)CC4)cc(=O)oc3c2)ccn1)C1CC1. The molecule has 2 aliphatic rings. The molecule has 2 aromatic heterocycles. The first kappa shape index (κ1) is 27.2. The first-order chi connectivity index (χ1) is 20.1. The van der Waals surface area contributed by atoms with Crippen LogP contribution in [0.1, 0.15) is 37.7 Å². The second kappa shape index (κ2) is 12.7. The molecule has 0 radical (unpaired) electrons. The number of hydrogen-bond donors (Lipinski definition) is 2. The van der Waals surface area contributed by atoms with Crippen molar-refractivity contribution >= 4 is 22.7 Å². The molecule has 1 saturated heterocycles. The fourth-order valence-electron chi connectivity index (χ4n) is 5.37. The highest BCUT2D eigenvalue weighted by atomic mass is 16.5. The average Bonchev–Trinajstić information content (AvgIpc) is 3.85. The first-order valence-electron chi connectivity index (χ1n) is 14.6. The first-order valence-corrected chi connectivity index (χ1v) is 14.6. The van der Waals surface area contributed by atoms with E-state index in [0.29, 0.717) is 29.8 Å². The summed E-state index contributed by atoms with van der Waals surface area (Å²) >= 11 is 0. The Kier molecular flexibility index (Phi) is 8.39. The Morgan fingerprint density at radius 1 is 0.976 bits per heavy atom. The predicted octanol–water partition coefficient (Wildman–Crippen LogP) is 5.23. The lowest BCUT2D eigenvalue weighted by molar-refractivity contribution is -0.117. The van der Waals surface area contributed by atoms with Gasteiger partial charge >= 0.3 is 5.63 Å². The quantitative estimate of drug-likeness (QED) is 0.194. The summed E-state index contributed by atoms with van der Waals surface area (Å²) in [6, 6.07) is 21.9. The van der Waals surface area contributed by atoms with Crippen molar-refractivity contribution in [1.82, 2.24) is 15.2 Å². The molecule has 1 aliphatic heterocycles. The number of nitrogens with zero attached hydrogens (tertiary/aromatic N) is 2. The Labute approximate surface area is 239 Å². The molecule has 212 valence electrons. The molecule has 3 heterocycles. The number of carbonyl (C=O) groups is 1. The van der Waals surface area contributed by atoms with Gasteiger partial charge in [0.05, 0.1) is 18.1 Å². The molecule has 4 aromatic rings. The lowest BCUT2D eigenvalue weighted by Crippen LogP contribution is -2.42. The van der Waals surface area contributed by atoms with Crippen molar-refractivity contribution in [2.45, 2.75) is 44.7 Å². The summed E-state index contributed by atoms with van der Waals surface area (Å²) in [5.41, 5.74) is 3.09. The van der Waals surface area contributed by atoms with Gasteiger partial charge in [-0.3, -0.25) is 4.79 Å². The highest BCUT2D eigenvalue weighted by molar-refractivity contribution is 5.94. The summed E-state index contributed by atoms with van der Waals surface area (Å²) in [7, 11) is 0. The van der Waals surface area contributed by atoms with Gasteiger partial charge in [-0.2, -0.15) is 0 Å². The van der Waals surface area contributed by atoms with Crippen LogP contribution in [0.4, 0.5) is 5.82 Å². The number of fused-ring (bicyclic) bond motifs is 1. The number of pyridine rings is 1. The van der Waals surface area contributed by atoms with Gasteiger partial charge < -0.3 is 24.7 Å². The van der Waals surface area contributed by atoms with Crippen molar-refractivity contribution < 1.29 is 13.9 Å². The molecular weight excluding hydrogens is 516 g/mol. The highest BCUT2D eigenvalue weighted by Crippen LogP contribution is 2.32. The fourth-order valence-corrected chi connectivity index (χ4v) is 5.37. The second-order valence-electron chi connectivity index (χ2n) is 11.0. The fraction of sp³-hybridized carbons (Fsp3) is 0.364. The van der Waals surface area contributed by atoms with E-state index in [1.54, 1.807) is 6.20 Å². The third-order valence-electron chi connectivity index (χ3n) is 7.90. The summed E-state index contributed by atoms with van der Waals surface area (Å²) in [6.45, 7) is 4.57. The number of rotatable bonds is 11. The van der Waals surface area contributed by atoms with Crippen LogP contribution in [0.15, 0.2) is 82.1 Å². The number of aromatic nitrogens is 1. The minimum atomic E-state index is -0.443. The highest BCUT2D eigenvalue weighted by Gasteiger charge is 2.29. The van der Waals surface area contributed by atoms with Crippen LogP contribution in [0.2, 0.25) is 0 Å². The second-order valence-corrected chi connectivity index (χ2v) is 11.0. The summed E-state index contributed by atoms with van der Waals surface area (Å²) in [5.74, 6) is 1.18. The van der Waals surface area contributed by atoms with Crippen LogP contribution in [0, 0.1) is 5.92 Å². The van der Waals surface area contributed by atoms with Crippen LogP contribution in [-0.2, 0) is 11.3 Å². The zero-order valence-corrected chi connectivity index (χ0v) is 23.2. The molecular formula is C33H36N4O4. The smallest absolute Gasteiger partial charge is 0.339 e. The van der Waals surface area contributed by atoms with Crippen molar-refractivity contribution in [2.75, 3.05) is 31.6 Å². The third-order valence-corrected chi connectivity index (χ3v) is 7.90. The summed E-state index contributed by atoms with van der Waals surface area (Å²) in [4.78, 5) is 31.2. The van der Waals surface area contributed by atoms with Gasteiger partial charge in [0, 0.05) is 31.2 Å². The van der Waals surface area contributed by atoms with Crippen LogP contribution in [-0.4, -0.2) is 48.1 Å². The molecule has 1 aliphatic carbocycles. The van der Waals surface area contributed by atoms with Gasteiger partial charge in [-0.15, -0.1) is 0 Å². The van der Waals surface area contributed by atoms with E-state index in [4.69, 9.17) is 9.15 Å². The summed E-state index contributed by atoms with van der Waals surface area (Å²) in [6.07, 6.45) is 6.71. The number of likely N-dealkylation sites (tertiary alicyclic amines) is 1. The minimum Gasteiger partial charge on any atom is -0.492 e. The number of anilines is 1. The summed E-state index contributed by atoms with van der Waals surface area (Å²) < 4.78 is 11.6. The zero-order valence-electron chi connectivity index (χ0n) is 23.2. The Morgan fingerprint density at radius 2 is 1.78 bits per heavy atom. The molecule has 41 heavy (non-hydrogen) atoms. The van der Waals surface area contributed by atoms with Crippen LogP contribution >= 0.6 is 0 Å². The van der Waals surface area contributed by atoms with E-state index >= 15 is 0 Å². The van der Waals surface area contributed by atoms with Crippen LogP contribution in [0.5, 0.6) is 5.75 Å². The molecule has 8 heteroatoms. The Morgan fingerprint density at radius 3 is 2.59 bits per heavy atom. The number of hydrogen-bond acceptors (Lipinski definition) is 7. The molecule has 0 unspecified atom stereocenters. The van der Waals surface area contributed by atoms with Crippen molar-refractivity contribution in [3.63, 3.8) is 0 Å². The largest absolute Gasteiger partial charge is 0.492 e. The van der Waals surface area contributed by atoms with E-state index < -0.39 is 5.63 Å². The van der Waals surface area contributed by atoms with Gasteiger partial charge in [-0.1, -0.05) is 36.4 Å². The van der Waals surface area contributed by atoms with Gasteiger partial charge in [-0.25, -0.2) is 9.78 Å². The number of amides is 1. The minimum absolute atomic E-state index is 0.0151. The molecule has 8 nitrogen and oxygen atoms in total. The Bertz CT molecular complexity index is 1540. The molecule has 0 bridgehead atoms. The van der Waals surface area contributed by atoms with E-state index in [-0.39, 0.29) is 11.8 Å². The van der Waals surface area contributed by atoms with E-state index in [1.165, 1.54) is 11.6 Å².